The van der Waals surface area contributed by atoms with Crippen molar-refractivity contribution in [3.8, 4) is 0 Å². The van der Waals surface area contributed by atoms with Gasteiger partial charge in [0.2, 0.25) is 0 Å². The van der Waals surface area contributed by atoms with E-state index in [9.17, 15) is 0 Å². The minimum atomic E-state index is 0.137. The summed E-state index contributed by atoms with van der Waals surface area (Å²) in [6.07, 6.45) is 0. The number of benzene rings is 1. The van der Waals surface area contributed by atoms with Crippen LogP contribution in [0.4, 0.5) is 0 Å². The number of methoxy groups -OCH3 is 1. The van der Waals surface area contributed by atoms with Crippen molar-refractivity contribution >= 4 is 27.5 Å². The zero-order valence-electron chi connectivity index (χ0n) is 10.1. The normalized spacial score (nSPS) is 13.1. The molecule has 3 nitrogen and oxygen atoms in total. The Morgan fingerprint density at radius 1 is 1.53 bits per heavy atom. The molecule has 17 heavy (non-hydrogen) atoms. The monoisotopic (exact) mass is 320 g/mol. The van der Waals surface area contributed by atoms with E-state index in [4.69, 9.17) is 22.1 Å². The number of hydrogen-bond acceptors (Lipinski definition) is 3. The van der Waals surface area contributed by atoms with Crippen molar-refractivity contribution in [2.75, 3.05) is 33.9 Å². The second-order valence-electron chi connectivity index (χ2n) is 3.89. The second-order valence-corrected chi connectivity index (χ2v) is 5.18. The van der Waals surface area contributed by atoms with Gasteiger partial charge in [-0.1, -0.05) is 27.5 Å². The molecule has 2 N–H and O–H groups in total. The first-order chi connectivity index (χ1) is 8.10. The van der Waals surface area contributed by atoms with Gasteiger partial charge in [0.15, 0.2) is 0 Å². The number of halogens is 2. The van der Waals surface area contributed by atoms with E-state index in [0.29, 0.717) is 13.2 Å². The van der Waals surface area contributed by atoms with E-state index < -0.39 is 0 Å². The lowest BCUT2D eigenvalue weighted by Crippen LogP contribution is -2.33. The summed E-state index contributed by atoms with van der Waals surface area (Å²) in [7, 11) is 3.73. The van der Waals surface area contributed by atoms with E-state index in [2.05, 4.69) is 20.8 Å². The van der Waals surface area contributed by atoms with Crippen LogP contribution in [0.5, 0.6) is 0 Å². The maximum absolute atomic E-state index is 6.02. The van der Waals surface area contributed by atoms with Crippen molar-refractivity contribution < 1.29 is 4.74 Å². The van der Waals surface area contributed by atoms with Crippen molar-refractivity contribution in [3.63, 3.8) is 0 Å². The Hall–Kier alpha value is -0.130. The van der Waals surface area contributed by atoms with Crippen LogP contribution < -0.4 is 5.73 Å². The number of ether oxygens (including phenoxy) is 1. The summed E-state index contributed by atoms with van der Waals surface area (Å²) in [4.78, 5) is 2.17. The molecule has 0 radical (unpaired) electrons. The van der Waals surface area contributed by atoms with Gasteiger partial charge in [-0.15, -0.1) is 0 Å². The van der Waals surface area contributed by atoms with Gasteiger partial charge in [0.1, 0.15) is 0 Å². The number of nitrogens with two attached hydrogens (primary N) is 1. The third-order valence-electron chi connectivity index (χ3n) is 2.72. The van der Waals surface area contributed by atoms with Crippen LogP contribution >= 0.6 is 27.5 Å². The van der Waals surface area contributed by atoms with Crippen LogP contribution in [0.25, 0.3) is 0 Å². The third kappa shape index (κ3) is 4.23. The fourth-order valence-electron chi connectivity index (χ4n) is 1.71. The summed E-state index contributed by atoms with van der Waals surface area (Å²) in [5.74, 6) is 0. The molecule has 0 aliphatic carbocycles. The Kier molecular flexibility index (Phi) is 6.44. The quantitative estimate of drug-likeness (QED) is 0.875. The average Bonchev–Trinajstić information content (AvgIpc) is 2.32. The molecule has 0 amide bonds. The molecule has 0 aliphatic rings. The van der Waals surface area contributed by atoms with Crippen molar-refractivity contribution in [3.05, 3.63) is 33.3 Å². The van der Waals surface area contributed by atoms with E-state index in [1.54, 1.807) is 7.11 Å². The molecule has 0 heterocycles. The average molecular weight is 322 g/mol. The molecule has 96 valence electrons. The first-order valence-electron chi connectivity index (χ1n) is 5.44. The van der Waals surface area contributed by atoms with Crippen LogP contribution in [0.1, 0.15) is 11.6 Å². The lowest BCUT2D eigenvalue weighted by molar-refractivity contribution is 0.140. The van der Waals surface area contributed by atoms with Crippen LogP contribution in [0.15, 0.2) is 22.7 Å². The van der Waals surface area contributed by atoms with Crippen molar-refractivity contribution in [1.29, 1.82) is 0 Å². The summed E-state index contributed by atoms with van der Waals surface area (Å²) in [6, 6.07) is 5.90. The van der Waals surface area contributed by atoms with E-state index >= 15 is 0 Å². The van der Waals surface area contributed by atoms with E-state index in [1.165, 1.54) is 0 Å². The fraction of sp³-hybridized carbons (Fsp3) is 0.500. The summed E-state index contributed by atoms with van der Waals surface area (Å²) in [6.45, 7) is 2.06. The Morgan fingerprint density at radius 2 is 2.24 bits per heavy atom. The number of nitrogens with zero attached hydrogens (tertiary/aromatic N) is 1. The standard InChI is InChI=1S/C12H18BrClN2O/c1-16(5-6-17-2)12(8-15)10-7-9(14)3-4-11(10)13/h3-4,7,12H,5-6,8,15H2,1-2H3. The fourth-order valence-corrected chi connectivity index (χ4v) is 2.40. The predicted molar refractivity (Wildman–Crippen MR) is 75.5 cm³/mol. The van der Waals surface area contributed by atoms with Crippen LogP contribution in [0.3, 0.4) is 0 Å². The molecular weight excluding hydrogens is 304 g/mol. The van der Waals surface area contributed by atoms with Crippen molar-refractivity contribution in [1.82, 2.24) is 4.90 Å². The smallest absolute Gasteiger partial charge is 0.0589 e. The molecule has 1 aromatic rings. The van der Waals surface area contributed by atoms with Gasteiger partial charge in [0.25, 0.3) is 0 Å². The molecule has 1 rings (SSSR count). The predicted octanol–water partition coefficient (Wildman–Crippen LogP) is 2.68. The largest absolute Gasteiger partial charge is 0.383 e. The van der Waals surface area contributed by atoms with Gasteiger partial charge in [-0.25, -0.2) is 0 Å². The van der Waals surface area contributed by atoms with Gasteiger partial charge in [-0.2, -0.15) is 0 Å². The van der Waals surface area contributed by atoms with Gasteiger partial charge in [-0.05, 0) is 30.8 Å². The molecule has 0 aromatic heterocycles. The topological polar surface area (TPSA) is 38.5 Å². The molecule has 0 bridgehead atoms. The van der Waals surface area contributed by atoms with E-state index in [0.717, 1.165) is 21.6 Å². The second kappa shape index (κ2) is 7.34. The molecule has 0 spiro atoms. The molecule has 0 saturated carbocycles. The Bertz CT molecular complexity index is 362. The molecule has 0 aliphatic heterocycles. The van der Waals surface area contributed by atoms with Gasteiger partial charge < -0.3 is 10.5 Å². The lowest BCUT2D eigenvalue weighted by Gasteiger charge is -2.28. The van der Waals surface area contributed by atoms with Crippen molar-refractivity contribution in [2.45, 2.75) is 6.04 Å². The highest BCUT2D eigenvalue weighted by atomic mass is 79.9. The number of rotatable bonds is 6. The van der Waals surface area contributed by atoms with Gasteiger partial charge in [-0.3, -0.25) is 4.90 Å². The van der Waals surface area contributed by atoms with E-state index in [-0.39, 0.29) is 6.04 Å². The zero-order valence-corrected chi connectivity index (χ0v) is 12.5. The Morgan fingerprint density at radius 3 is 2.82 bits per heavy atom. The Labute approximate surface area is 116 Å². The maximum atomic E-state index is 6.02. The highest BCUT2D eigenvalue weighted by Crippen LogP contribution is 2.29. The van der Waals surface area contributed by atoms with Crippen LogP contribution in [0.2, 0.25) is 5.02 Å². The van der Waals surface area contributed by atoms with Crippen LogP contribution in [-0.2, 0) is 4.74 Å². The third-order valence-corrected chi connectivity index (χ3v) is 3.68. The first-order valence-corrected chi connectivity index (χ1v) is 6.61. The Balaban J connectivity index is 2.88. The molecule has 0 saturated heterocycles. The van der Waals surface area contributed by atoms with Gasteiger partial charge in [0.05, 0.1) is 6.61 Å². The number of hydrogen-bond donors (Lipinski definition) is 1. The zero-order chi connectivity index (χ0) is 12.8. The highest BCUT2D eigenvalue weighted by molar-refractivity contribution is 9.10. The summed E-state index contributed by atoms with van der Waals surface area (Å²) in [5, 5.41) is 0.724. The summed E-state index contributed by atoms with van der Waals surface area (Å²) < 4.78 is 6.11. The molecular formula is C12H18BrClN2O. The van der Waals surface area contributed by atoms with Crippen LogP contribution in [-0.4, -0.2) is 38.8 Å². The van der Waals surface area contributed by atoms with Gasteiger partial charge in [0, 0.05) is 35.7 Å². The molecule has 1 atom stereocenters. The minimum absolute atomic E-state index is 0.137. The molecule has 5 heteroatoms. The number of likely N-dealkylation sites (N-methyl/N-ethyl adjacent to an activating group) is 1. The molecule has 1 unspecified atom stereocenters. The van der Waals surface area contributed by atoms with Crippen molar-refractivity contribution in [2.24, 2.45) is 5.73 Å². The summed E-state index contributed by atoms with van der Waals surface area (Å²) >= 11 is 9.56. The SMILES string of the molecule is COCCN(C)C(CN)c1cc(Cl)ccc1Br. The van der Waals surface area contributed by atoms with Crippen LogP contribution in [0, 0.1) is 0 Å². The van der Waals surface area contributed by atoms with E-state index in [1.807, 2.05) is 25.2 Å². The minimum Gasteiger partial charge on any atom is -0.383 e. The molecule has 1 aromatic carbocycles. The maximum Gasteiger partial charge on any atom is 0.0589 e. The van der Waals surface area contributed by atoms with Gasteiger partial charge >= 0.3 is 0 Å². The summed E-state index contributed by atoms with van der Waals surface area (Å²) in [5.41, 5.74) is 6.96. The highest BCUT2D eigenvalue weighted by Gasteiger charge is 2.18. The lowest BCUT2D eigenvalue weighted by atomic mass is 10.1. The first kappa shape index (κ1) is 14.9. The molecule has 0 fully saturated rings.